The standard InChI is InChI=1S/C24H28N2O2/c1-15(2)17-9-11-19(12-10-17)23(18-7-5-4-6-8-18)25-24(28)22-14-20-13-21(20)26(22)16(3)27/h4-12,15,20-23H,13-14H2,1-3H3,(H,25,28). The zero-order chi connectivity index (χ0) is 19.8. The summed E-state index contributed by atoms with van der Waals surface area (Å²) in [6, 6.07) is 18.2. The number of piperidine rings is 1. The molecule has 1 saturated heterocycles. The van der Waals surface area contributed by atoms with E-state index in [-0.39, 0.29) is 29.9 Å². The van der Waals surface area contributed by atoms with Gasteiger partial charge in [0.05, 0.1) is 6.04 Å². The van der Waals surface area contributed by atoms with Gasteiger partial charge >= 0.3 is 0 Å². The van der Waals surface area contributed by atoms with Crippen molar-refractivity contribution in [1.29, 1.82) is 0 Å². The first-order valence-electron chi connectivity index (χ1n) is 10.2. The fraction of sp³-hybridized carbons (Fsp3) is 0.417. The molecule has 2 amide bonds. The van der Waals surface area contributed by atoms with Gasteiger partial charge in [-0.05, 0) is 41.4 Å². The van der Waals surface area contributed by atoms with E-state index in [9.17, 15) is 9.59 Å². The van der Waals surface area contributed by atoms with Crippen LogP contribution in [-0.2, 0) is 9.59 Å². The SMILES string of the molecule is CC(=O)N1C(C(=O)NC(c2ccccc2)c2ccc(C(C)C)cc2)CC2CC21. The molecular formula is C24H28N2O2. The predicted octanol–water partition coefficient (Wildman–Crippen LogP) is 4.02. The Labute approximate surface area is 166 Å². The van der Waals surface area contributed by atoms with Gasteiger partial charge < -0.3 is 10.2 Å². The quantitative estimate of drug-likeness (QED) is 0.857. The average molecular weight is 377 g/mol. The molecule has 2 aromatic rings. The number of carbonyl (C=O) groups excluding carboxylic acids is 2. The lowest BCUT2D eigenvalue weighted by molar-refractivity contribution is -0.138. The van der Waals surface area contributed by atoms with Crippen molar-refractivity contribution in [2.45, 2.75) is 57.7 Å². The highest BCUT2D eigenvalue weighted by Crippen LogP contribution is 2.48. The first-order chi connectivity index (χ1) is 13.5. The molecule has 4 heteroatoms. The van der Waals surface area contributed by atoms with E-state index in [0.717, 1.165) is 24.0 Å². The molecule has 2 fully saturated rings. The van der Waals surface area contributed by atoms with Crippen LogP contribution in [0, 0.1) is 5.92 Å². The summed E-state index contributed by atoms with van der Waals surface area (Å²) in [7, 11) is 0. The molecule has 28 heavy (non-hydrogen) atoms. The summed E-state index contributed by atoms with van der Waals surface area (Å²) < 4.78 is 0. The molecule has 4 atom stereocenters. The summed E-state index contributed by atoms with van der Waals surface area (Å²) >= 11 is 0. The second-order valence-corrected chi connectivity index (χ2v) is 8.41. The number of rotatable bonds is 5. The Bertz CT molecular complexity index is 860. The lowest BCUT2D eigenvalue weighted by atomic mass is 9.95. The Kier molecular flexibility index (Phi) is 4.96. The fourth-order valence-electron chi connectivity index (χ4n) is 4.46. The number of hydrogen-bond donors (Lipinski definition) is 1. The van der Waals surface area contributed by atoms with E-state index in [2.05, 4.69) is 43.4 Å². The van der Waals surface area contributed by atoms with E-state index < -0.39 is 0 Å². The van der Waals surface area contributed by atoms with Gasteiger partial charge in [0.2, 0.25) is 11.8 Å². The molecule has 4 rings (SSSR count). The highest BCUT2D eigenvalue weighted by atomic mass is 16.2. The van der Waals surface area contributed by atoms with E-state index in [0.29, 0.717) is 11.8 Å². The Hall–Kier alpha value is -2.62. The largest absolute Gasteiger partial charge is 0.343 e. The summed E-state index contributed by atoms with van der Waals surface area (Å²) in [6.07, 6.45) is 1.83. The number of benzene rings is 2. The van der Waals surface area contributed by atoms with Crippen molar-refractivity contribution >= 4 is 11.8 Å². The lowest BCUT2D eigenvalue weighted by Crippen LogP contribution is -2.48. The lowest BCUT2D eigenvalue weighted by Gasteiger charge is -2.28. The van der Waals surface area contributed by atoms with E-state index >= 15 is 0 Å². The van der Waals surface area contributed by atoms with Crippen molar-refractivity contribution in [2.24, 2.45) is 5.92 Å². The Morgan fingerprint density at radius 3 is 2.14 bits per heavy atom. The summed E-state index contributed by atoms with van der Waals surface area (Å²) in [5, 5.41) is 3.23. The molecule has 2 aliphatic rings. The van der Waals surface area contributed by atoms with Crippen LogP contribution in [0.25, 0.3) is 0 Å². The minimum Gasteiger partial charge on any atom is -0.343 e. The fourth-order valence-corrected chi connectivity index (χ4v) is 4.46. The summed E-state index contributed by atoms with van der Waals surface area (Å²) in [6.45, 7) is 5.92. The Balaban J connectivity index is 1.59. The topological polar surface area (TPSA) is 49.4 Å². The molecule has 1 aliphatic heterocycles. The van der Waals surface area contributed by atoms with Crippen LogP contribution in [0.4, 0.5) is 0 Å². The summed E-state index contributed by atoms with van der Waals surface area (Å²) in [5.41, 5.74) is 3.38. The first kappa shape index (κ1) is 18.7. The highest BCUT2D eigenvalue weighted by molar-refractivity contribution is 5.88. The van der Waals surface area contributed by atoms with Gasteiger partial charge in [0.15, 0.2) is 0 Å². The van der Waals surface area contributed by atoms with Gasteiger partial charge in [-0.1, -0.05) is 68.4 Å². The predicted molar refractivity (Wildman–Crippen MR) is 110 cm³/mol. The third kappa shape index (κ3) is 3.56. The van der Waals surface area contributed by atoms with Gasteiger partial charge in [-0.3, -0.25) is 9.59 Å². The van der Waals surface area contributed by atoms with Crippen LogP contribution >= 0.6 is 0 Å². The maximum atomic E-state index is 13.2. The number of amides is 2. The van der Waals surface area contributed by atoms with Crippen LogP contribution in [0.3, 0.4) is 0 Å². The van der Waals surface area contributed by atoms with Crippen LogP contribution in [-0.4, -0.2) is 28.8 Å². The second-order valence-electron chi connectivity index (χ2n) is 8.41. The molecule has 4 nitrogen and oxygen atoms in total. The number of nitrogens with one attached hydrogen (secondary N) is 1. The van der Waals surface area contributed by atoms with Crippen LogP contribution in [0.1, 0.15) is 62.3 Å². The van der Waals surface area contributed by atoms with Crippen molar-refractivity contribution in [1.82, 2.24) is 10.2 Å². The molecule has 0 bridgehead atoms. The minimum absolute atomic E-state index is 0.00250. The van der Waals surface area contributed by atoms with Gasteiger partial charge in [-0.2, -0.15) is 0 Å². The molecule has 1 N–H and O–H groups in total. The maximum Gasteiger partial charge on any atom is 0.243 e. The van der Waals surface area contributed by atoms with Gasteiger partial charge in [0, 0.05) is 13.0 Å². The van der Waals surface area contributed by atoms with Crippen molar-refractivity contribution < 1.29 is 9.59 Å². The normalized spacial score (nSPS) is 24.0. The van der Waals surface area contributed by atoms with Crippen LogP contribution < -0.4 is 5.32 Å². The average Bonchev–Trinajstić information content (AvgIpc) is 3.35. The van der Waals surface area contributed by atoms with Crippen molar-refractivity contribution in [3.8, 4) is 0 Å². The second kappa shape index (κ2) is 7.42. The zero-order valence-corrected chi connectivity index (χ0v) is 16.8. The molecule has 0 spiro atoms. The molecule has 1 saturated carbocycles. The van der Waals surface area contributed by atoms with Crippen LogP contribution in [0.15, 0.2) is 54.6 Å². The molecule has 1 aliphatic carbocycles. The number of fused-ring (bicyclic) bond motifs is 1. The molecule has 0 aromatic heterocycles. The Morgan fingerprint density at radius 2 is 1.54 bits per heavy atom. The monoisotopic (exact) mass is 376 g/mol. The van der Waals surface area contributed by atoms with Crippen LogP contribution in [0.2, 0.25) is 0 Å². The third-order valence-corrected chi connectivity index (χ3v) is 6.13. The minimum atomic E-state index is -0.345. The molecule has 2 aromatic carbocycles. The van der Waals surface area contributed by atoms with Crippen LogP contribution in [0.5, 0.6) is 0 Å². The number of nitrogens with zero attached hydrogens (tertiary/aromatic N) is 1. The van der Waals surface area contributed by atoms with E-state index in [1.54, 1.807) is 11.8 Å². The van der Waals surface area contributed by atoms with Crippen molar-refractivity contribution in [3.05, 3.63) is 71.3 Å². The number of carbonyl (C=O) groups is 2. The molecular weight excluding hydrogens is 348 g/mol. The van der Waals surface area contributed by atoms with Crippen molar-refractivity contribution in [3.63, 3.8) is 0 Å². The maximum absolute atomic E-state index is 13.2. The molecule has 1 heterocycles. The first-order valence-corrected chi connectivity index (χ1v) is 10.2. The van der Waals surface area contributed by atoms with Crippen molar-refractivity contribution in [2.75, 3.05) is 0 Å². The Morgan fingerprint density at radius 1 is 0.929 bits per heavy atom. The van der Waals surface area contributed by atoms with E-state index in [1.807, 2.05) is 30.3 Å². The van der Waals surface area contributed by atoms with Gasteiger partial charge in [0.1, 0.15) is 6.04 Å². The highest BCUT2D eigenvalue weighted by Gasteiger charge is 2.55. The molecule has 0 radical (unpaired) electrons. The smallest absolute Gasteiger partial charge is 0.243 e. The molecule has 4 unspecified atom stereocenters. The zero-order valence-electron chi connectivity index (χ0n) is 16.8. The summed E-state index contributed by atoms with van der Waals surface area (Å²) in [5.74, 6) is 0.917. The number of hydrogen-bond acceptors (Lipinski definition) is 2. The van der Waals surface area contributed by atoms with Gasteiger partial charge in [-0.25, -0.2) is 0 Å². The molecule has 146 valence electrons. The van der Waals surface area contributed by atoms with Gasteiger partial charge in [0.25, 0.3) is 0 Å². The number of likely N-dealkylation sites (tertiary alicyclic amines) is 1. The summed E-state index contributed by atoms with van der Waals surface area (Å²) in [4.78, 5) is 27.0. The third-order valence-electron chi connectivity index (χ3n) is 6.13. The van der Waals surface area contributed by atoms with E-state index in [1.165, 1.54) is 5.56 Å². The van der Waals surface area contributed by atoms with E-state index in [4.69, 9.17) is 0 Å². The van der Waals surface area contributed by atoms with Gasteiger partial charge in [-0.15, -0.1) is 0 Å².